The molecule has 4 fully saturated rings. The monoisotopic (exact) mass is 389 g/mol. The van der Waals surface area contributed by atoms with Gasteiger partial charge in [0, 0.05) is 19.0 Å². The fourth-order valence-electron chi connectivity index (χ4n) is 6.42. The lowest BCUT2D eigenvalue weighted by Crippen LogP contribution is -2.47. The summed E-state index contributed by atoms with van der Waals surface area (Å²) >= 11 is 0. The van der Waals surface area contributed by atoms with Crippen LogP contribution in [0.1, 0.15) is 58.8 Å². The van der Waals surface area contributed by atoms with Crippen LogP contribution in [0.15, 0.2) is 12.2 Å². The summed E-state index contributed by atoms with van der Waals surface area (Å²) in [5.41, 5.74) is 1.62. The number of carbonyl (C=O) groups is 2. The van der Waals surface area contributed by atoms with Gasteiger partial charge in [0.2, 0.25) is 0 Å². The van der Waals surface area contributed by atoms with Gasteiger partial charge in [0.1, 0.15) is 6.10 Å². The number of nitrogens with zero attached hydrogens (tertiary/aromatic N) is 1. The van der Waals surface area contributed by atoms with Crippen LogP contribution in [-0.2, 0) is 19.1 Å². The molecule has 0 amide bonds. The Labute approximate surface area is 168 Å². The van der Waals surface area contributed by atoms with Crippen LogP contribution in [0.3, 0.4) is 0 Å². The first-order valence-corrected chi connectivity index (χ1v) is 11.2. The van der Waals surface area contributed by atoms with E-state index in [-0.39, 0.29) is 35.3 Å². The number of esters is 2. The number of allylic oxidation sites excluding steroid dienone is 1. The Kier molecular flexibility index (Phi) is 5.56. The molecular weight excluding hydrogens is 354 g/mol. The highest BCUT2D eigenvalue weighted by atomic mass is 16.6. The maximum absolute atomic E-state index is 12.8. The van der Waals surface area contributed by atoms with Crippen LogP contribution in [0.4, 0.5) is 0 Å². The zero-order chi connectivity index (χ0) is 19.9. The lowest BCUT2D eigenvalue weighted by atomic mass is 9.55. The first-order chi connectivity index (χ1) is 13.4. The molecule has 156 valence electrons. The number of fused-ring (bicyclic) bond motifs is 2. The number of hydrogen-bond donors (Lipinski definition) is 0. The predicted molar refractivity (Wildman–Crippen MR) is 106 cm³/mol. The Morgan fingerprint density at radius 1 is 1.39 bits per heavy atom. The Bertz CT molecular complexity index is 647. The minimum atomic E-state index is -0.0917. The van der Waals surface area contributed by atoms with Crippen LogP contribution in [0.5, 0.6) is 0 Å². The topological polar surface area (TPSA) is 55.8 Å². The van der Waals surface area contributed by atoms with Crippen molar-refractivity contribution in [1.29, 1.82) is 0 Å². The van der Waals surface area contributed by atoms with Crippen LogP contribution in [0.2, 0.25) is 0 Å². The first kappa shape index (κ1) is 19.9. The van der Waals surface area contributed by atoms with Crippen molar-refractivity contribution in [2.45, 2.75) is 64.9 Å². The Hall–Kier alpha value is -1.36. The van der Waals surface area contributed by atoms with Gasteiger partial charge in [-0.3, -0.25) is 9.59 Å². The molecule has 0 unspecified atom stereocenters. The summed E-state index contributed by atoms with van der Waals surface area (Å²) in [6, 6.07) is 0. The normalized spacial score (nSPS) is 41.1. The van der Waals surface area contributed by atoms with Crippen molar-refractivity contribution in [3.63, 3.8) is 0 Å². The summed E-state index contributed by atoms with van der Waals surface area (Å²) in [6.07, 6.45) is 7.51. The number of ether oxygens (including phenoxy) is 2. The fraction of sp³-hybridized carbons (Fsp3) is 0.826. The standard InChI is InChI=1S/C23H35NO4/c1-4-27-21(25)16-8-6-10-24(13-16)14-18-17-11-19-15(2)7-5-9-23(19,3)12-20(17)28-22(18)26/h16-20H,2,4-14H2,1,3H3/t16-,17-,18+,19+,20-,23-/m1/s1. The van der Waals surface area contributed by atoms with Crippen molar-refractivity contribution in [3.05, 3.63) is 12.2 Å². The molecule has 2 saturated heterocycles. The van der Waals surface area contributed by atoms with E-state index in [2.05, 4.69) is 18.4 Å². The van der Waals surface area contributed by atoms with E-state index in [4.69, 9.17) is 9.47 Å². The molecule has 0 bridgehead atoms. The highest BCUT2D eigenvalue weighted by Gasteiger charge is 2.55. The molecule has 2 aliphatic carbocycles. The van der Waals surface area contributed by atoms with Crippen molar-refractivity contribution < 1.29 is 19.1 Å². The molecule has 2 heterocycles. The number of rotatable bonds is 4. The molecule has 4 aliphatic rings. The summed E-state index contributed by atoms with van der Waals surface area (Å²) in [5, 5.41) is 0. The summed E-state index contributed by atoms with van der Waals surface area (Å²) in [7, 11) is 0. The molecule has 0 aromatic carbocycles. The lowest BCUT2D eigenvalue weighted by Gasteiger charge is -2.50. The number of hydrogen-bond acceptors (Lipinski definition) is 5. The SMILES string of the molecule is C=C1CCC[C@]2(C)C[C@H]3OC(=O)[C@@H](CN4CCC[C@@H](C(=O)OCC)C4)[C@H]3C[C@@H]12. The average molecular weight is 390 g/mol. The van der Waals surface area contributed by atoms with E-state index < -0.39 is 0 Å². The molecule has 5 nitrogen and oxygen atoms in total. The molecule has 4 rings (SSSR count). The molecule has 0 radical (unpaired) electrons. The van der Waals surface area contributed by atoms with Crippen molar-refractivity contribution in [1.82, 2.24) is 4.90 Å². The highest BCUT2D eigenvalue weighted by Crippen LogP contribution is 2.57. The molecule has 6 atom stereocenters. The minimum absolute atomic E-state index is 0.0267. The Balaban J connectivity index is 1.43. The largest absolute Gasteiger partial charge is 0.466 e. The highest BCUT2D eigenvalue weighted by molar-refractivity contribution is 5.76. The Morgan fingerprint density at radius 3 is 3.00 bits per heavy atom. The molecule has 2 saturated carbocycles. The van der Waals surface area contributed by atoms with Gasteiger partial charge in [-0.2, -0.15) is 0 Å². The van der Waals surface area contributed by atoms with E-state index in [0.29, 0.717) is 31.5 Å². The first-order valence-electron chi connectivity index (χ1n) is 11.2. The van der Waals surface area contributed by atoms with Crippen LogP contribution < -0.4 is 0 Å². The second kappa shape index (κ2) is 7.81. The number of carbonyl (C=O) groups excluding carboxylic acids is 2. The lowest BCUT2D eigenvalue weighted by molar-refractivity contribution is -0.150. The van der Waals surface area contributed by atoms with E-state index in [9.17, 15) is 9.59 Å². The van der Waals surface area contributed by atoms with Crippen LogP contribution >= 0.6 is 0 Å². The smallest absolute Gasteiger partial charge is 0.310 e. The van der Waals surface area contributed by atoms with Crippen molar-refractivity contribution in [2.75, 3.05) is 26.2 Å². The summed E-state index contributed by atoms with van der Waals surface area (Å²) in [6.45, 7) is 11.4. The molecular formula is C23H35NO4. The van der Waals surface area contributed by atoms with E-state index in [0.717, 1.165) is 38.6 Å². The summed E-state index contributed by atoms with van der Waals surface area (Å²) in [5.74, 6) is 0.573. The van der Waals surface area contributed by atoms with Gasteiger partial charge in [0.25, 0.3) is 0 Å². The van der Waals surface area contributed by atoms with Crippen molar-refractivity contribution >= 4 is 11.9 Å². The van der Waals surface area contributed by atoms with Gasteiger partial charge in [-0.05, 0) is 69.7 Å². The second-order valence-electron chi connectivity index (χ2n) is 9.75. The zero-order valence-electron chi connectivity index (χ0n) is 17.5. The predicted octanol–water partition coefficient (Wildman–Crippen LogP) is 3.58. The number of piperidine rings is 1. The van der Waals surface area contributed by atoms with Gasteiger partial charge in [-0.25, -0.2) is 0 Å². The molecule has 0 spiro atoms. The maximum atomic E-state index is 12.8. The molecule has 0 aromatic rings. The molecule has 28 heavy (non-hydrogen) atoms. The van der Waals surface area contributed by atoms with Gasteiger partial charge >= 0.3 is 11.9 Å². The average Bonchev–Trinajstić information content (AvgIpc) is 2.94. The Morgan fingerprint density at radius 2 is 2.21 bits per heavy atom. The minimum Gasteiger partial charge on any atom is -0.466 e. The van der Waals surface area contributed by atoms with Gasteiger partial charge in [-0.1, -0.05) is 19.1 Å². The molecule has 0 aromatic heterocycles. The third kappa shape index (κ3) is 3.62. The van der Waals surface area contributed by atoms with Crippen LogP contribution in [0, 0.1) is 29.1 Å². The fourth-order valence-corrected chi connectivity index (χ4v) is 6.42. The van der Waals surface area contributed by atoms with Crippen LogP contribution in [-0.4, -0.2) is 49.2 Å². The van der Waals surface area contributed by atoms with Gasteiger partial charge < -0.3 is 14.4 Å². The maximum Gasteiger partial charge on any atom is 0.310 e. The molecule has 0 N–H and O–H groups in total. The van der Waals surface area contributed by atoms with Gasteiger partial charge in [0.15, 0.2) is 0 Å². The van der Waals surface area contributed by atoms with Gasteiger partial charge in [-0.15, -0.1) is 0 Å². The second-order valence-corrected chi connectivity index (χ2v) is 9.75. The quantitative estimate of drug-likeness (QED) is 0.543. The van der Waals surface area contributed by atoms with E-state index >= 15 is 0 Å². The molecule has 5 heteroatoms. The van der Waals surface area contributed by atoms with Crippen molar-refractivity contribution in [2.24, 2.45) is 29.1 Å². The van der Waals surface area contributed by atoms with E-state index in [1.807, 2.05) is 6.92 Å². The zero-order valence-corrected chi connectivity index (χ0v) is 17.5. The number of likely N-dealkylation sites (tertiary alicyclic amines) is 1. The summed E-state index contributed by atoms with van der Waals surface area (Å²) in [4.78, 5) is 27.2. The molecule has 2 aliphatic heterocycles. The van der Waals surface area contributed by atoms with E-state index in [1.165, 1.54) is 18.4 Å². The third-order valence-electron chi connectivity index (χ3n) is 7.90. The third-order valence-corrected chi connectivity index (χ3v) is 7.90. The van der Waals surface area contributed by atoms with Crippen molar-refractivity contribution in [3.8, 4) is 0 Å². The van der Waals surface area contributed by atoms with Gasteiger partial charge in [0.05, 0.1) is 18.4 Å². The van der Waals surface area contributed by atoms with E-state index in [1.54, 1.807) is 0 Å². The van der Waals surface area contributed by atoms with Crippen LogP contribution in [0.25, 0.3) is 0 Å². The summed E-state index contributed by atoms with van der Waals surface area (Å²) < 4.78 is 11.1.